The molecule has 1 heterocycles. The van der Waals surface area contributed by atoms with Crippen LogP contribution in [0.3, 0.4) is 0 Å². The van der Waals surface area contributed by atoms with Gasteiger partial charge in [-0.1, -0.05) is 6.07 Å². The summed E-state index contributed by atoms with van der Waals surface area (Å²) in [5.41, 5.74) is 1.17. The molecule has 1 aromatic rings. The van der Waals surface area contributed by atoms with E-state index >= 15 is 0 Å². The number of rotatable bonds is 4. The molecule has 1 aliphatic rings. The lowest BCUT2D eigenvalue weighted by Gasteiger charge is -2.36. The van der Waals surface area contributed by atoms with Gasteiger partial charge in [0.05, 0.1) is 11.6 Å². The van der Waals surface area contributed by atoms with Crippen molar-refractivity contribution < 1.29 is 4.79 Å². The van der Waals surface area contributed by atoms with Gasteiger partial charge in [-0.3, -0.25) is 4.79 Å². The minimum Gasteiger partial charge on any atom is -0.336 e. The third-order valence-electron chi connectivity index (χ3n) is 3.85. The Morgan fingerprint density at radius 2 is 2.35 bits per heavy atom. The van der Waals surface area contributed by atoms with Crippen molar-refractivity contribution in [2.24, 2.45) is 0 Å². The molecule has 1 fully saturated rings. The number of likely N-dealkylation sites (tertiary alicyclic amines) is 1. The van der Waals surface area contributed by atoms with Crippen molar-refractivity contribution in [1.29, 1.82) is 5.26 Å². The maximum absolute atomic E-state index is 12.6. The van der Waals surface area contributed by atoms with Crippen molar-refractivity contribution in [3.63, 3.8) is 0 Å². The number of amides is 1. The van der Waals surface area contributed by atoms with Gasteiger partial charge in [-0.2, -0.15) is 5.26 Å². The van der Waals surface area contributed by atoms with E-state index in [0.717, 1.165) is 32.4 Å². The highest BCUT2D eigenvalue weighted by Gasteiger charge is 2.26. The van der Waals surface area contributed by atoms with E-state index in [0.29, 0.717) is 17.2 Å². The second-order valence-electron chi connectivity index (χ2n) is 5.23. The molecule has 1 aliphatic heterocycles. The predicted molar refractivity (Wildman–Crippen MR) is 78.4 cm³/mol. The average Bonchev–Trinajstić information content (AvgIpc) is 2.52. The van der Waals surface area contributed by atoms with Crippen LogP contribution in [0.4, 0.5) is 0 Å². The molecular formula is C16H21N3O. The first kappa shape index (κ1) is 14.5. The molecule has 4 nitrogen and oxygen atoms in total. The fraction of sp³-hybridized carbons (Fsp3) is 0.500. The predicted octanol–water partition coefficient (Wildman–Crippen LogP) is 2.16. The van der Waals surface area contributed by atoms with Gasteiger partial charge in [0.2, 0.25) is 0 Å². The lowest BCUT2D eigenvalue weighted by molar-refractivity contribution is 0.0602. The normalized spacial score (nSPS) is 18.6. The van der Waals surface area contributed by atoms with Gasteiger partial charge in [-0.05, 0) is 57.5 Å². The first-order chi connectivity index (χ1) is 9.76. The van der Waals surface area contributed by atoms with Crippen LogP contribution in [0.5, 0.6) is 0 Å². The van der Waals surface area contributed by atoms with Gasteiger partial charge in [-0.25, -0.2) is 0 Å². The maximum atomic E-state index is 12.6. The molecule has 0 aliphatic carbocycles. The summed E-state index contributed by atoms with van der Waals surface area (Å²) >= 11 is 0. The first-order valence-corrected chi connectivity index (χ1v) is 7.22. The second kappa shape index (κ2) is 7.06. The molecule has 0 spiro atoms. The highest BCUT2D eigenvalue weighted by Crippen LogP contribution is 2.22. The number of nitrogens with zero attached hydrogens (tertiary/aromatic N) is 2. The number of carbonyl (C=O) groups excluding carboxylic acids is 1. The van der Waals surface area contributed by atoms with Crippen LogP contribution in [0, 0.1) is 11.3 Å². The van der Waals surface area contributed by atoms with E-state index in [-0.39, 0.29) is 5.91 Å². The van der Waals surface area contributed by atoms with E-state index in [2.05, 4.69) is 11.4 Å². The van der Waals surface area contributed by atoms with Crippen LogP contribution in [0.25, 0.3) is 0 Å². The van der Waals surface area contributed by atoms with E-state index in [1.165, 1.54) is 6.42 Å². The molecule has 0 radical (unpaired) electrons. The summed E-state index contributed by atoms with van der Waals surface area (Å²) in [7, 11) is 1.94. The molecule has 1 saturated heterocycles. The quantitative estimate of drug-likeness (QED) is 0.913. The van der Waals surface area contributed by atoms with E-state index in [1.54, 1.807) is 24.3 Å². The number of nitrogens with one attached hydrogen (secondary N) is 1. The van der Waals surface area contributed by atoms with Crippen LogP contribution in [0.2, 0.25) is 0 Å². The number of hydrogen-bond acceptors (Lipinski definition) is 3. The number of nitriles is 1. The van der Waals surface area contributed by atoms with E-state index in [9.17, 15) is 4.79 Å². The molecule has 1 aromatic carbocycles. The Morgan fingerprint density at radius 1 is 1.50 bits per heavy atom. The topological polar surface area (TPSA) is 56.1 Å². The Bertz CT molecular complexity index is 507. The molecule has 0 bridgehead atoms. The summed E-state index contributed by atoms with van der Waals surface area (Å²) in [6.07, 6.45) is 4.32. The SMILES string of the molecule is CNCCC1CCCCN1C(=O)c1cccc(C#N)c1. The van der Waals surface area contributed by atoms with Gasteiger partial charge in [-0.15, -0.1) is 0 Å². The van der Waals surface area contributed by atoms with E-state index in [4.69, 9.17) is 5.26 Å². The summed E-state index contributed by atoms with van der Waals surface area (Å²) in [4.78, 5) is 14.6. The zero-order chi connectivity index (χ0) is 14.4. The molecule has 106 valence electrons. The third kappa shape index (κ3) is 3.37. The van der Waals surface area contributed by atoms with Gasteiger partial charge < -0.3 is 10.2 Å². The molecule has 1 amide bonds. The molecule has 1 N–H and O–H groups in total. The molecule has 0 saturated carbocycles. The van der Waals surface area contributed by atoms with Crippen LogP contribution in [-0.2, 0) is 0 Å². The summed E-state index contributed by atoms with van der Waals surface area (Å²) in [6, 6.07) is 9.39. The number of benzene rings is 1. The molecular weight excluding hydrogens is 250 g/mol. The third-order valence-corrected chi connectivity index (χ3v) is 3.85. The number of carbonyl (C=O) groups is 1. The van der Waals surface area contributed by atoms with Crippen LogP contribution in [-0.4, -0.2) is 37.0 Å². The Morgan fingerprint density at radius 3 is 3.10 bits per heavy atom. The van der Waals surface area contributed by atoms with Crippen molar-refractivity contribution >= 4 is 5.91 Å². The maximum Gasteiger partial charge on any atom is 0.254 e. The van der Waals surface area contributed by atoms with Gasteiger partial charge >= 0.3 is 0 Å². The van der Waals surface area contributed by atoms with Crippen LogP contribution in [0.1, 0.15) is 41.6 Å². The first-order valence-electron chi connectivity index (χ1n) is 7.22. The van der Waals surface area contributed by atoms with E-state index in [1.807, 2.05) is 11.9 Å². The summed E-state index contributed by atoms with van der Waals surface area (Å²) in [5.74, 6) is 0.0582. The molecule has 1 unspecified atom stereocenters. The highest BCUT2D eigenvalue weighted by atomic mass is 16.2. The summed E-state index contributed by atoms with van der Waals surface area (Å²) in [6.45, 7) is 1.75. The largest absolute Gasteiger partial charge is 0.336 e. The molecule has 1 atom stereocenters. The van der Waals surface area contributed by atoms with Crippen LogP contribution >= 0.6 is 0 Å². The lowest BCUT2D eigenvalue weighted by atomic mass is 9.98. The molecule has 20 heavy (non-hydrogen) atoms. The zero-order valence-electron chi connectivity index (χ0n) is 11.9. The smallest absolute Gasteiger partial charge is 0.254 e. The fourth-order valence-electron chi connectivity index (χ4n) is 2.77. The average molecular weight is 271 g/mol. The van der Waals surface area contributed by atoms with E-state index < -0.39 is 0 Å². The van der Waals surface area contributed by atoms with Crippen LogP contribution < -0.4 is 5.32 Å². The number of piperidine rings is 1. The van der Waals surface area contributed by atoms with Crippen molar-refractivity contribution in [2.75, 3.05) is 20.1 Å². The highest BCUT2D eigenvalue weighted by molar-refractivity contribution is 5.94. The Balaban J connectivity index is 2.14. The molecule has 0 aromatic heterocycles. The van der Waals surface area contributed by atoms with Gasteiger partial charge in [0.15, 0.2) is 0 Å². The molecule has 2 rings (SSSR count). The van der Waals surface area contributed by atoms with Crippen molar-refractivity contribution in [3.05, 3.63) is 35.4 Å². The van der Waals surface area contributed by atoms with Gasteiger partial charge in [0, 0.05) is 18.2 Å². The summed E-state index contributed by atoms with van der Waals surface area (Å²) in [5, 5.41) is 12.1. The monoisotopic (exact) mass is 271 g/mol. The van der Waals surface area contributed by atoms with Crippen molar-refractivity contribution in [3.8, 4) is 6.07 Å². The van der Waals surface area contributed by atoms with Gasteiger partial charge in [0.1, 0.15) is 0 Å². The zero-order valence-corrected chi connectivity index (χ0v) is 11.9. The minimum absolute atomic E-state index is 0.0582. The standard InChI is InChI=1S/C16H21N3O/c1-18-9-8-15-7-2-3-10-19(15)16(20)14-6-4-5-13(11-14)12-17/h4-6,11,15,18H,2-3,7-10H2,1H3. The minimum atomic E-state index is 0.0582. The summed E-state index contributed by atoms with van der Waals surface area (Å²) < 4.78 is 0. The fourth-order valence-corrected chi connectivity index (χ4v) is 2.77. The Kier molecular flexibility index (Phi) is 5.14. The van der Waals surface area contributed by atoms with Gasteiger partial charge in [0.25, 0.3) is 5.91 Å². The number of hydrogen-bond donors (Lipinski definition) is 1. The van der Waals surface area contributed by atoms with Crippen LogP contribution in [0.15, 0.2) is 24.3 Å². The lowest BCUT2D eigenvalue weighted by Crippen LogP contribution is -2.44. The van der Waals surface area contributed by atoms with Crippen molar-refractivity contribution in [1.82, 2.24) is 10.2 Å². The Hall–Kier alpha value is -1.86. The molecule has 4 heteroatoms. The Labute approximate surface area is 120 Å². The second-order valence-corrected chi connectivity index (χ2v) is 5.23. The van der Waals surface area contributed by atoms with Crippen molar-refractivity contribution in [2.45, 2.75) is 31.7 Å².